The molecule has 0 aliphatic carbocycles. The predicted octanol–water partition coefficient (Wildman–Crippen LogP) is -1.02. The van der Waals surface area contributed by atoms with Crippen LogP contribution in [0.15, 0.2) is 35.7 Å². The molecule has 3 aromatic heterocycles. The first-order valence-corrected chi connectivity index (χ1v) is 15.5. The zero-order valence-electron chi connectivity index (χ0n) is 22.8. The van der Waals surface area contributed by atoms with Crippen LogP contribution in [0.25, 0.3) is 10.8 Å². The fourth-order valence-corrected chi connectivity index (χ4v) is 7.50. The number of thiazole rings is 1. The number of hydrogen-bond donors (Lipinski definition) is 5. The molecule has 5 heterocycles. The molecule has 2 atom stereocenters. The Morgan fingerprint density at radius 2 is 2.07 bits per heavy atom. The first-order valence-electron chi connectivity index (χ1n) is 13.3. The van der Waals surface area contributed by atoms with E-state index < -0.39 is 28.1 Å². The molecule has 1 saturated heterocycles. The summed E-state index contributed by atoms with van der Waals surface area (Å²) in [7, 11) is -4.15. The number of rotatable bonds is 7. The van der Waals surface area contributed by atoms with Crippen molar-refractivity contribution in [2.45, 2.75) is 38.5 Å². The standard InChI is InChI=1S/C24H28N12O5S2/c1-13-6-17-19(8-26-13)42-23(28-17)24(38)36-5-4-34(12-18(36)22(37)27-9-20-29-32-33-30-20)43(40,41)35-10-15-3-2-14(21(25)31-39)7-16(15)11-35/h2-3,7,10-11,13,18,26,39H,4-6,8-9,12H2,1H3,(H2,25,31)(H,27,37)(H,29,30,32,33). The smallest absolute Gasteiger partial charge is 0.307 e. The molecule has 2 unspecified atom stereocenters. The molecule has 1 fully saturated rings. The summed E-state index contributed by atoms with van der Waals surface area (Å²) >= 11 is 1.28. The molecular weight excluding hydrogens is 600 g/mol. The Morgan fingerprint density at radius 1 is 1.26 bits per heavy atom. The van der Waals surface area contributed by atoms with E-state index in [1.54, 1.807) is 18.2 Å². The molecule has 1 aromatic carbocycles. The molecule has 0 bridgehead atoms. The molecule has 4 aromatic rings. The third kappa shape index (κ3) is 5.54. The Labute approximate surface area is 248 Å². The number of nitrogens with zero attached hydrogens (tertiary/aromatic N) is 8. The number of piperazine rings is 1. The molecule has 2 aliphatic heterocycles. The number of nitrogens with one attached hydrogen (secondary N) is 3. The van der Waals surface area contributed by atoms with E-state index in [-0.39, 0.29) is 48.9 Å². The second-order valence-electron chi connectivity index (χ2n) is 10.2. The number of fused-ring (bicyclic) bond motifs is 2. The molecule has 226 valence electrons. The van der Waals surface area contributed by atoms with E-state index in [0.717, 1.165) is 18.8 Å². The third-order valence-electron chi connectivity index (χ3n) is 7.40. The maximum atomic E-state index is 13.8. The van der Waals surface area contributed by atoms with Gasteiger partial charge in [0.2, 0.25) is 5.91 Å². The number of aromatic nitrogens is 6. The highest BCUT2D eigenvalue weighted by Gasteiger charge is 2.41. The van der Waals surface area contributed by atoms with Gasteiger partial charge in [0.1, 0.15) is 6.04 Å². The number of amides is 2. The van der Waals surface area contributed by atoms with Gasteiger partial charge in [-0.2, -0.15) is 17.9 Å². The Hall–Kier alpha value is -4.46. The Bertz CT molecular complexity index is 1820. The van der Waals surface area contributed by atoms with Crippen LogP contribution in [-0.4, -0.2) is 102 Å². The van der Waals surface area contributed by atoms with E-state index in [1.807, 2.05) is 6.92 Å². The van der Waals surface area contributed by atoms with E-state index >= 15 is 0 Å². The summed E-state index contributed by atoms with van der Waals surface area (Å²) in [6.07, 6.45) is 3.54. The fraction of sp³-hybridized carbons (Fsp3) is 0.375. The van der Waals surface area contributed by atoms with Gasteiger partial charge in [0.25, 0.3) is 5.91 Å². The minimum atomic E-state index is -4.15. The average Bonchev–Trinajstić information content (AvgIpc) is 3.78. The van der Waals surface area contributed by atoms with Crippen molar-refractivity contribution in [3.63, 3.8) is 0 Å². The summed E-state index contributed by atoms with van der Waals surface area (Å²) in [5.41, 5.74) is 6.96. The van der Waals surface area contributed by atoms with Crippen molar-refractivity contribution in [1.29, 1.82) is 0 Å². The summed E-state index contributed by atoms with van der Waals surface area (Å²) in [4.78, 5) is 34.1. The minimum absolute atomic E-state index is 0.0360. The summed E-state index contributed by atoms with van der Waals surface area (Å²) in [6.45, 7) is 2.20. The van der Waals surface area contributed by atoms with Gasteiger partial charge in [-0.1, -0.05) is 22.5 Å². The van der Waals surface area contributed by atoms with Crippen molar-refractivity contribution in [3.05, 3.63) is 57.6 Å². The second kappa shape index (κ2) is 11.3. The van der Waals surface area contributed by atoms with Gasteiger partial charge >= 0.3 is 10.2 Å². The van der Waals surface area contributed by atoms with Crippen LogP contribution < -0.4 is 16.4 Å². The number of carbonyl (C=O) groups is 2. The highest BCUT2D eigenvalue weighted by Crippen LogP contribution is 2.27. The molecule has 2 aliphatic rings. The van der Waals surface area contributed by atoms with Gasteiger partial charge in [-0.05, 0) is 13.0 Å². The number of nitrogens with two attached hydrogens (primary N) is 1. The van der Waals surface area contributed by atoms with Gasteiger partial charge in [-0.15, -0.1) is 21.5 Å². The number of oxime groups is 1. The van der Waals surface area contributed by atoms with E-state index in [1.165, 1.54) is 28.6 Å². The lowest BCUT2D eigenvalue weighted by Gasteiger charge is -2.39. The first-order chi connectivity index (χ1) is 20.6. The van der Waals surface area contributed by atoms with Crippen molar-refractivity contribution in [1.82, 2.24) is 49.4 Å². The largest absolute Gasteiger partial charge is 0.409 e. The highest BCUT2D eigenvalue weighted by atomic mass is 32.2. The molecule has 0 radical (unpaired) electrons. The number of carbonyl (C=O) groups excluding carboxylic acids is 2. The molecule has 6 rings (SSSR count). The first kappa shape index (κ1) is 28.6. The van der Waals surface area contributed by atoms with Crippen LogP contribution in [0.3, 0.4) is 0 Å². The molecular formula is C24H28N12O5S2. The summed E-state index contributed by atoms with van der Waals surface area (Å²) < 4.78 is 29.8. The van der Waals surface area contributed by atoms with Gasteiger partial charge < -0.3 is 26.5 Å². The molecule has 2 amide bonds. The van der Waals surface area contributed by atoms with E-state index in [4.69, 9.17) is 10.9 Å². The van der Waals surface area contributed by atoms with Crippen LogP contribution in [0.4, 0.5) is 0 Å². The van der Waals surface area contributed by atoms with Crippen LogP contribution in [0, 0.1) is 0 Å². The van der Waals surface area contributed by atoms with Crippen LogP contribution >= 0.6 is 11.3 Å². The van der Waals surface area contributed by atoms with Crippen LogP contribution in [0.2, 0.25) is 0 Å². The number of amidine groups is 1. The predicted molar refractivity (Wildman–Crippen MR) is 153 cm³/mol. The number of benzene rings is 1. The fourth-order valence-electron chi connectivity index (χ4n) is 5.10. The Balaban J connectivity index is 1.27. The summed E-state index contributed by atoms with van der Waals surface area (Å²) in [6, 6.07) is 3.94. The van der Waals surface area contributed by atoms with Crippen LogP contribution in [-0.2, 0) is 34.5 Å². The second-order valence-corrected chi connectivity index (χ2v) is 13.1. The normalized spacial score (nSPS) is 19.8. The topological polar surface area (TPSA) is 230 Å². The van der Waals surface area contributed by atoms with Gasteiger partial charge in [-0.25, -0.2) is 8.96 Å². The highest BCUT2D eigenvalue weighted by molar-refractivity contribution is 7.87. The third-order valence-corrected chi connectivity index (χ3v) is 10.2. The zero-order chi connectivity index (χ0) is 30.3. The minimum Gasteiger partial charge on any atom is -0.409 e. The monoisotopic (exact) mass is 628 g/mol. The van der Waals surface area contributed by atoms with E-state index in [0.29, 0.717) is 29.3 Å². The van der Waals surface area contributed by atoms with Crippen LogP contribution in [0.5, 0.6) is 0 Å². The van der Waals surface area contributed by atoms with Crippen molar-refractivity contribution in [2.75, 3.05) is 19.6 Å². The summed E-state index contributed by atoms with van der Waals surface area (Å²) in [5.74, 6) is -0.896. The molecule has 0 spiro atoms. The number of H-pyrrole nitrogens is 1. The van der Waals surface area contributed by atoms with E-state index in [2.05, 4.69) is 41.4 Å². The number of aromatic amines is 1. The van der Waals surface area contributed by atoms with Crippen molar-refractivity contribution in [2.24, 2.45) is 10.9 Å². The molecule has 43 heavy (non-hydrogen) atoms. The molecule has 6 N–H and O–H groups in total. The van der Waals surface area contributed by atoms with Crippen LogP contribution in [0.1, 0.15) is 38.7 Å². The van der Waals surface area contributed by atoms with Gasteiger partial charge in [-0.3, -0.25) is 9.59 Å². The van der Waals surface area contributed by atoms with Gasteiger partial charge in [0.15, 0.2) is 16.7 Å². The molecule has 19 heteroatoms. The molecule has 17 nitrogen and oxygen atoms in total. The van der Waals surface area contributed by atoms with E-state index in [9.17, 15) is 18.0 Å². The quantitative estimate of drug-likeness (QED) is 0.0719. The Morgan fingerprint density at radius 3 is 2.84 bits per heavy atom. The Kier molecular flexibility index (Phi) is 7.54. The molecule has 0 saturated carbocycles. The lowest BCUT2D eigenvalue weighted by molar-refractivity contribution is -0.127. The van der Waals surface area contributed by atoms with Gasteiger partial charge in [0, 0.05) is 72.2 Å². The number of tetrazole rings is 1. The average molecular weight is 629 g/mol. The summed E-state index contributed by atoms with van der Waals surface area (Å²) in [5, 5.41) is 32.8. The SMILES string of the molecule is CC1Cc2nc(C(=O)N3CCN(S(=O)(=O)n4cc5ccc(C(N)=NO)cc5c4)CC3C(=O)NCc3nn[nH]n3)sc2CN1. The maximum absolute atomic E-state index is 13.8. The van der Waals surface area contributed by atoms with Crippen molar-refractivity contribution < 1.29 is 23.2 Å². The lowest BCUT2D eigenvalue weighted by atomic mass is 10.1. The zero-order valence-corrected chi connectivity index (χ0v) is 24.5. The van der Waals surface area contributed by atoms with Gasteiger partial charge in [0.05, 0.1) is 12.2 Å². The van der Waals surface area contributed by atoms with Crippen molar-refractivity contribution in [3.8, 4) is 0 Å². The maximum Gasteiger partial charge on any atom is 0.307 e. The number of hydrogen-bond acceptors (Lipinski definition) is 12. The lowest BCUT2D eigenvalue weighted by Crippen LogP contribution is -2.61. The van der Waals surface area contributed by atoms with Crippen molar-refractivity contribution >= 4 is 50.0 Å².